The van der Waals surface area contributed by atoms with E-state index in [-0.39, 0.29) is 18.8 Å². The maximum Gasteiger partial charge on any atom is 0.342 e. The van der Waals surface area contributed by atoms with Crippen LogP contribution in [0.25, 0.3) is 0 Å². The van der Waals surface area contributed by atoms with E-state index in [1.54, 1.807) is 0 Å². The summed E-state index contributed by atoms with van der Waals surface area (Å²) in [6.07, 6.45) is 0.456. The Labute approximate surface area is 85.9 Å². The monoisotopic (exact) mass is 213 g/mol. The lowest BCUT2D eigenvalue weighted by atomic mass is 10.1. The summed E-state index contributed by atoms with van der Waals surface area (Å²) in [6, 6.07) is -0.909. The van der Waals surface area contributed by atoms with Crippen molar-refractivity contribution in [3.8, 4) is 0 Å². The smallest absolute Gasteiger partial charge is 0.342 e. The zero-order valence-electron chi connectivity index (χ0n) is 8.23. The van der Waals surface area contributed by atoms with Crippen LogP contribution >= 0.6 is 0 Å². The highest BCUT2D eigenvalue weighted by Crippen LogP contribution is 2.11. The molecule has 0 radical (unpaired) electrons. The topological polar surface area (TPSA) is 102 Å². The van der Waals surface area contributed by atoms with Gasteiger partial charge in [0.1, 0.15) is 0 Å². The SMILES string of the molecule is COC(=O)CCC1=NN(C(N)=O)C(=O)C1. The Morgan fingerprint density at radius 1 is 1.60 bits per heavy atom. The van der Waals surface area contributed by atoms with Crippen molar-refractivity contribution in [2.75, 3.05) is 7.11 Å². The Balaban J connectivity index is 2.52. The summed E-state index contributed by atoms with van der Waals surface area (Å²) in [4.78, 5) is 32.6. The van der Waals surface area contributed by atoms with Crippen molar-refractivity contribution in [2.45, 2.75) is 19.3 Å². The van der Waals surface area contributed by atoms with Gasteiger partial charge >= 0.3 is 12.0 Å². The van der Waals surface area contributed by atoms with E-state index in [1.807, 2.05) is 0 Å². The third kappa shape index (κ3) is 2.76. The van der Waals surface area contributed by atoms with Crippen LogP contribution in [0, 0.1) is 0 Å². The van der Waals surface area contributed by atoms with E-state index in [2.05, 4.69) is 9.84 Å². The first kappa shape index (κ1) is 11.2. The average Bonchev–Trinajstić information content (AvgIpc) is 2.56. The molecule has 0 bridgehead atoms. The van der Waals surface area contributed by atoms with Crippen LogP contribution in [0.2, 0.25) is 0 Å². The molecule has 1 aliphatic heterocycles. The van der Waals surface area contributed by atoms with Gasteiger partial charge < -0.3 is 10.5 Å². The van der Waals surface area contributed by atoms with Crippen molar-refractivity contribution in [1.29, 1.82) is 0 Å². The Hall–Kier alpha value is -1.92. The highest BCUT2D eigenvalue weighted by atomic mass is 16.5. The van der Waals surface area contributed by atoms with E-state index < -0.39 is 11.9 Å². The first-order chi connectivity index (χ1) is 7.04. The number of amides is 3. The second kappa shape index (κ2) is 4.54. The van der Waals surface area contributed by atoms with Crippen molar-refractivity contribution >= 4 is 23.6 Å². The molecule has 0 saturated heterocycles. The number of hydrazone groups is 1. The lowest BCUT2D eigenvalue weighted by Gasteiger charge is -2.03. The lowest BCUT2D eigenvalue weighted by Crippen LogP contribution is -2.33. The summed E-state index contributed by atoms with van der Waals surface area (Å²) in [6.45, 7) is 0. The number of nitrogens with zero attached hydrogens (tertiary/aromatic N) is 2. The van der Waals surface area contributed by atoms with Crippen molar-refractivity contribution < 1.29 is 19.1 Å². The fourth-order valence-electron chi connectivity index (χ4n) is 1.14. The number of methoxy groups -OCH3 is 1. The number of nitrogens with two attached hydrogens (primary N) is 1. The van der Waals surface area contributed by atoms with Gasteiger partial charge in [0.2, 0.25) is 0 Å². The van der Waals surface area contributed by atoms with Gasteiger partial charge in [0.25, 0.3) is 5.91 Å². The summed E-state index contributed by atoms with van der Waals surface area (Å²) in [5.74, 6) is -0.856. The average molecular weight is 213 g/mol. The number of rotatable bonds is 3. The largest absolute Gasteiger partial charge is 0.469 e. The quantitative estimate of drug-likeness (QED) is 0.644. The summed E-state index contributed by atoms with van der Waals surface area (Å²) < 4.78 is 4.43. The molecule has 0 fully saturated rings. The number of carbonyl (C=O) groups excluding carboxylic acids is 3. The van der Waals surface area contributed by atoms with E-state index in [9.17, 15) is 14.4 Å². The van der Waals surface area contributed by atoms with Crippen LogP contribution in [0.3, 0.4) is 0 Å². The van der Waals surface area contributed by atoms with E-state index in [4.69, 9.17) is 5.73 Å². The number of primary amides is 1. The molecule has 15 heavy (non-hydrogen) atoms. The predicted molar refractivity (Wildman–Crippen MR) is 49.7 cm³/mol. The molecule has 2 N–H and O–H groups in total. The predicted octanol–water partition coefficient (Wildman–Crippen LogP) is -0.393. The van der Waals surface area contributed by atoms with Crippen molar-refractivity contribution in [3.63, 3.8) is 0 Å². The second-order valence-corrected chi connectivity index (χ2v) is 2.96. The summed E-state index contributed by atoms with van der Waals surface area (Å²) in [5.41, 5.74) is 5.36. The van der Waals surface area contributed by atoms with Gasteiger partial charge in [0.05, 0.1) is 20.0 Å². The molecule has 82 valence electrons. The molecular weight excluding hydrogens is 202 g/mol. The molecule has 1 heterocycles. The highest BCUT2D eigenvalue weighted by Gasteiger charge is 2.27. The molecular formula is C8H11N3O4. The Morgan fingerprint density at radius 3 is 2.73 bits per heavy atom. The maximum absolute atomic E-state index is 11.1. The molecule has 0 spiro atoms. The number of esters is 1. The fraction of sp³-hybridized carbons (Fsp3) is 0.500. The van der Waals surface area contributed by atoms with Crippen LogP contribution < -0.4 is 5.73 Å². The molecule has 0 saturated carbocycles. The standard InChI is InChI=1S/C8H11N3O4/c1-15-7(13)3-2-5-4-6(12)11(10-5)8(9)14/h2-4H2,1H3,(H2,9,14). The minimum Gasteiger partial charge on any atom is -0.469 e. The Morgan fingerprint density at radius 2 is 2.27 bits per heavy atom. The molecule has 1 aliphatic rings. The molecule has 7 heteroatoms. The van der Waals surface area contributed by atoms with Gasteiger partial charge in [-0.2, -0.15) is 5.10 Å². The van der Waals surface area contributed by atoms with Crippen LogP contribution in [0.15, 0.2) is 5.10 Å². The first-order valence-corrected chi connectivity index (χ1v) is 4.30. The van der Waals surface area contributed by atoms with Gasteiger partial charge in [-0.3, -0.25) is 9.59 Å². The van der Waals surface area contributed by atoms with Gasteiger partial charge in [0, 0.05) is 5.71 Å². The summed E-state index contributed by atoms with van der Waals surface area (Å²) in [5, 5.41) is 4.30. The third-order valence-corrected chi connectivity index (χ3v) is 1.89. The maximum atomic E-state index is 11.1. The first-order valence-electron chi connectivity index (χ1n) is 4.30. The molecule has 0 aliphatic carbocycles. The minimum absolute atomic E-state index is 0.0277. The number of urea groups is 1. The Kier molecular flexibility index (Phi) is 3.37. The lowest BCUT2D eigenvalue weighted by molar-refractivity contribution is -0.140. The number of imide groups is 1. The van der Waals surface area contributed by atoms with Crippen molar-refractivity contribution in [2.24, 2.45) is 10.8 Å². The molecule has 0 aromatic heterocycles. The van der Waals surface area contributed by atoms with Crippen LogP contribution in [0.1, 0.15) is 19.3 Å². The van der Waals surface area contributed by atoms with Gasteiger partial charge in [-0.1, -0.05) is 0 Å². The summed E-state index contributed by atoms with van der Waals surface area (Å²) >= 11 is 0. The normalized spacial score (nSPS) is 15.1. The van der Waals surface area contributed by atoms with E-state index in [0.717, 1.165) is 0 Å². The molecule has 3 amide bonds. The number of hydrogen-bond donors (Lipinski definition) is 1. The fourth-order valence-corrected chi connectivity index (χ4v) is 1.14. The van der Waals surface area contributed by atoms with Gasteiger partial charge in [-0.15, -0.1) is 5.01 Å². The zero-order valence-corrected chi connectivity index (χ0v) is 8.23. The van der Waals surface area contributed by atoms with Crippen LogP contribution in [0.5, 0.6) is 0 Å². The Bertz CT molecular complexity index is 337. The molecule has 7 nitrogen and oxygen atoms in total. The molecule has 1 rings (SSSR count). The van der Waals surface area contributed by atoms with E-state index >= 15 is 0 Å². The van der Waals surface area contributed by atoms with E-state index in [0.29, 0.717) is 17.1 Å². The van der Waals surface area contributed by atoms with Gasteiger partial charge in [0.15, 0.2) is 0 Å². The third-order valence-electron chi connectivity index (χ3n) is 1.89. The highest BCUT2D eigenvalue weighted by molar-refractivity contribution is 6.10. The summed E-state index contributed by atoms with van der Waals surface area (Å²) in [7, 11) is 1.28. The molecule has 0 unspecified atom stereocenters. The number of ether oxygens (including phenoxy) is 1. The van der Waals surface area contributed by atoms with Crippen LogP contribution in [0.4, 0.5) is 4.79 Å². The molecule has 0 aromatic carbocycles. The second-order valence-electron chi connectivity index (χ2n) is 2.96. The zero-order chi connectivity index (χ0) is 11.4. The van der Waals surface area contributed by atoms with Gasteiger partial charge in [-0.05, 0) is 6.42 Å². The van der Waals surface area contributed by atoms with E-state index in [1.165, 1.54) is 7.11 Å². The minimum atomic E-state index is -0.909. The molecule has 0 aromatic rings. The van der Waals surface area contributed by atoms with Crippen molar-refractivity contribution in [3.05, 3.63) is 0 Å². The number of hydrogen-bond acceptors (Lipinski definition) is 5. The van der Waals surface area contributed by atoms with Crippen LogP contribution in [-0.2, 0) is 14.3 Å². The van der Waals surface area contributed by atoms with Crippen LogP contribution in [-0.4, -0.2) is 35.7 Å². The number of carbonyl (C=O) groups is 3. The van der Waals surface area contributed by atoms with Gasteiger partial charge in [-0.25, -0.2) is 4.79 Å². The van der Waals surface area contributed by atoms with Crippen molar-refractivity contribution in [1.82, 2.24) is 5.01 Å². The molecule has 0 atom stereocenters.